The standard InChI is InChI=1S/C18H26N6O3S/c1-4-5-9-24-14-15(21(2)18(24)23-10-7-19-8-11-23)20-17(22(3)16(14)27)28-12-6-13(25)26/h18-19H,6-12H2,1-3H3,(H,25,26). The molecule has 3 heterocycles. The molecule has 3 rings (SSSR count). The number of aliphatic carboxylic acids is 1. The molecule has 2 aliphatic rings. The maximum absolute atomic E-state index is 13.2. The largest absolute Gasteiger partial charge is 0.481 e. The first-order valence-corrected chi connectivity index (χ1v) is 10.2. The summed E-state index contributed by atoms with van der Waals surface area (Å²) in [4.78, 5) is 35.1. The Kier molecular flexibility index (Phi) is 6.49. The molecule has 1 fully saturated rings. The van der Waals surface area contributed by atoms with Crippen molar-refractivity contribution in [3.8, 4) is 11.8 Å². The first kappa shape index (κ1) is 20.5. The van der Waals surface area contributed by atoms with E-state index in [0.29, 0.717) is 29.0 Å². The molecule has 28 heavy (non-hydrogen) atoms. The number of aromatic nitrogens is 2. The number of hydrogen-bond acceptors (Lipinski definition) is 8. The summed E-state index contributed by atoms with van der Waals surface area (Å²) >= 11 is 1.29. The average molecular weight is 407 g/mol. The van der Waals surface area contributed by atoms with Crippen molar-refractivity contribution in [3.05, 3.63) is 10.4 Å². The van der Waals surface area contributed by atoms with Crippen molar-refractivity contribution in [2.75, 3.05) is 55.3 Å². The Morgan fingerprint density at radius 3 is 2.71 bits per heavy atom. The van der Waals surface area contributed by atoms with Crippen molar-refractivity contribution in [2.24, 2.45) is 7.05 Å². The maximum atomic E-state index is 13.2. The molecule has 10 heteroatoms. The minimum atomic E-state index is -0.862. The van der Waals surface area contributed by atoms with Crippen LogP contribution in [0, 0.1) is 11.8 Å². The summed E-state index contributed by atoms with van der Waals surface area (Å²) in [7, 11) is 3.63. The van der Waals surface area contributed by atoms with Crippen molar-refractivity contribution in [1.82, 2.24) is 19.8 Å². The van der Waals surface area contributed by atoms with Crippen LogP contribution in [0.2, 0.25) is 0 Å². The van der Waals surface area contributed by atoms with Gasteiger partial charge in [0.05, 0.1) is 13.0 Å². The topological polar surface area (TPSA) is 93.9 Å². The highest BCUT2D eigenvalue weighted by atomic mass is 32.2. The molecule has 1 atom stereocenters. The quantitative estimate of drug-likeness (QED) is 0.379. The van der Waals surface area contributed by atoms with Gasteiger partial charge in [-0.2, -0.15) is 0 Å². The van der Waals surface area contributed by atoms with Crippen molar-refractivity contribution in [1.29, 1.82) is 0 Å². The van der Waals surface area contributed by atoms with E-state index in [2.05, 4.69) is 22.1 Å². The van der Waals surface area contributed by atoms with Crippen molar-refractivity contribution < 1.29 is 9.90 Å². The van der Waals surface area contributed by atoms with E-state index in [1.54, 1.807) is 14.0 Å². The summed E-state index contributed by atoms with van der Waals surface area (Å²) in [5.74, 6) is 6.14. The number of hydrogen-bond donors (Lipinski definition) is 2. The number of carboxylic acid groups (broad SMARTS) is 1. The zero-order valence-electron chi connectivity index (χ0n) is 16.4. The Balaban J connectivity index is 1.98. The molecule has 1 aromatic rings. The van der Waals surface area contributed by atoms with Crippen LogP contribution in [-0.2, 0) is 11.8 Å². The monoisotopic (exact) mass is 406 g/mol. The second kappa shape index (κ2) is 8.86. The van der Waals surface area contributed by atoms with E-state index in [1.807, 2.05) is 16.8 Å². The maximum Gasteiger partial charge on any atom is 0.304 e. The van der Waals surface area contributed by atoms with Crippen LogP contribution in [-0.4, -0.2) is 77.3 Å². The van der Waals surface area contributed by atoms with Gasteiger partial charge in [-0.25, -0.2) is 4.98 Å². The fraction of sp³-hybridized carbons (Fsp3) is 0.611. The molecule has 2 N–H and O–H groups in total. The molecular weight excluding hydrogens is 380 g/mol. The lowest BCUT2D eigenvalue weighted by Crippen LogP contribution is -2.59. The van der Waals surface area contributed by atoms with Gasteiger partial charge in [0.2, 0.25) is 0 Å². The molecular formula is C18H26N6O3S. The van der Waals surface area contributed by atoms with E-state index in [1.165, 1.54) is 16.3 Å². The van der Waals surface area contributed by atoms with Gasteiger partial charge in [-0.05, 0) is 6.92 Å². The Hall–Kier alpha value is -2.22. The van der Waals surface area contributed by atoms with E-state index in [0.717, 1.165) is 26.2 Å². The molecule has 9 nitrogen and oxygen atoms in total. The van der Waals surface area contributed by atoms with Crippen molar-refractivity contribution in [2.45, 2.75) is 24.8 Å². The summed E-state index contributed by atoms with van der Waals surface area (Å²) in [5.41, 5.74) is 0.420. The van der Waals surface area contributed by atoms with Gasteiger partial charge in [0, 0.05) is 46.0 Å². The van der Waals surface area contributed by atoms with Crippen molar-refractivity contribution in [3.63, 3.8) is 0 Å². The molecule has 0 aliphatic carbocycles. The Morgan fingerprint density at radius 2 is 2.07 bits per heavy atom. The molecule has 1 saturated heterocycles. The Bertz CT molecular complexity index is 855. The van der Waals surface area contributed by atoms with Crippen LogP contribution in [0.15, 0.2) is 9.95 Å². The molecule has 152 valence electrons. The molecule has 1 aromatic heterocycles. The van der Waals surface area contributed by atoms with Gasteiger partial charge in [0.1, 0.15) is 5.69 Å². The summed E-state index contributed by atoms with van der Waals surface area (Å²) in [6.45, 7) is 5.79. The molecule has 0 aromatic carbocycles. The van der Waals surface area contributed by atoms with Crippen LogP contribution in [0.4, 0.5) is 11.5 Å². The van der Waals surface area contributed by atoms with Crippen LogP contribution >= 0.6 is 11.8 Å². The number of anilines is 2. The van der Waals surface area contributed by atoms with E-state index >= 15 is 0 Å². The van der Waals surface area contributed by atoms with Gasteiger partial charge < -0.3 is 20.2 Å². The van der Waals surface area contributed by atoms with Crippen LogP contribution in [0.25, 0.3) is 0 Å². The number of carboxylic acids is 1. The lowest BCUT2D eigenvalue weighted by molar-refractivity contribution is -0.136. The van der Waals surface area contributed by atoms with E-state index < -0.39 is 5.97 Å². The zero-order chi connectivity index (χ0) is 20.3. The predicted molar refractivity (Wildman–Crippen MR) is 110 cm³/mol. The molecule has 0 saturated carbocycles. The van der Waals surface area contributed by atoms with Gasteiger partial charge in [-0.15, -0.1) is 5.92 Å². The Morgan fingerprint density at radius 1 is 1.36 bits per heavy atom. The lowest BCUT2D eigenvalue weighted by atomic mass is 10.3. The highest BCUT2D eigenvalue weighted by Crippen LogP contribution is 2.36. The second-order valence-electron chi connectivity index (χ2n) is 6.72. The van der Waals surface area contributed by atoms with Crippen LogP contribution in [0.1, 0.15) is 13.3 Å². The minimum Gasteiger partial charge on any atom is -0.481 e. The summed E-state index contributed by atoms with van der Waals surface area (Å²) in [6, 6.07) is 0. The van der Waals surface area contributed by atoms with Crippen LogP contribution in [0.5, 0.6) is 0 Å². The lowest BCUT2D eigenvalue weighted by Gasteiger charge is -2.40. The number of carbonyl (C=O) groups is 1. The first-order valence-electron chi connectivity index (χ1n) is 9.25. The number of nitrogens with zero attached hydrogens (tertiary/aromatic N) is 5. The molecule has 0 spiro atoms. The molecule has 0 amide bonds. The van der Waals surface area contributed by atoms with E-state index in [4.69, 9.17) is 10.1 Å². The highest BCUT2D eigenvalue weighted by molar-refractivity contribution is 7.99. The third-order valence-electron chi connectivity index (χ3n) is 4.91. The molecule has 2 aliphatic heterocycles. The van der Waals surface area contributed by atoms with Gasteiger partial charge in [0.25, 0.3) is 5.56 Å². The number of piperazine rings is 1. The highest BCUT2D eigenvalue weighted by Gasteiger charge is 2.41. The van der Waals surface area contributed by atoms with Gasteiger partial charge in [-0.3, -0.25) is 19.1 Å². The number of thioether (sulfide) groups is 1. The smallest absolute Gasteiger partial charge is 0.304 e. The Labute approximate surface area is 168 Å². The van der Waals surface area contributed by atoms with Gasteiger partial charge >= 0.3 is 5.97 Å². The molecule has 0 radical (unpaired) electrons. The number of nitrogens with one attached hydrogen (secondary N) is 1. The minimum absolute atomic E-state index is 0.0229. The summed E-state index contributed by atoms with van der Waals surface area (Å²) in [5, 5.41) is 12.7. The van der Waals surface area contributed by atoms with Crippen molar-refractivity contribution >= 4 is 29.2 Å². The van der Waals surface area contributed by atoms with E-state index in [9.17, 15) is 9.59 Å². The zero-order valence-corrected chi connectivity index (χ0v) is 17.3. The fourth-order valence-corrected chi connectivity index (χ4v) is 4.42. The fourth-order valence-electron chi connectivity index (χ4n) is 3.53. The SMILES string of the molecule is CC#CCN1c2c(nc(SCCC(=O)O)n(C)c2=O)N(C)C1N1CCNCC1. The normalized spacial score (nSPS) is 19.3. The average Bonchev–Trinajstić information content (AvgIpc) is 2.96. The van der Waals surface area contributed by atoms with E-state index in [-0.39, 0.29) is 18.3 Å². The predicted octanol–water partition coefficient (Wildman–Crippen LogP) is -0.185. The summed E-state index contributed by atoms with van der Waals surface area (Å²) < 4.78 is 1.51. The van der Waals surface area contributed by atoms with Crippen LogP contribution < -0.4 is 20.7 Å². The molecule has 1 unspecified atom stereocenters. The van der Waals surface area contributed by atoms with Crippen LogP contribution in [0.3, 0.4) is 0 Å². The first-order chi connectivity index (χ1) is 13.5. The number of rotatable bonds is 6. The number of fused-ring (bicyclic) bond motifs is 1. The second-order valence-corrected chi connectivity index (χ2v) is 7.78. The van der Waals surface area contributed by atoms with Gasteiger partial charge in [-0.1, -0.05) is 17.7 Å². The van der Waals surface area contributed by atoms with Gasteiger partial charge in [0.15, 0.2) is 17.3 Å². The molecule has 0 bridgehead atoms. The third-order valence-corrected chi connectivity index (χ3v) is 5.94. The third kappa shape index (κ3) is 3.97. The summed E-state index contributed by atoms with van der Waals surface area (Å²) in [6.07, 6.45) is -0.0906.